The van der Waals surface area contributed by atoms with Crippen molar-refractivity contribution in [1.82, 2.24) is 9.99 Å². The van der Waals surface area contributed by atoms with E-state index in [1.54, 1.807) is 18.3 Å². The molecule has 1 aromatic heterocycles. The van der Waals surface area contributed by atoms with Crippen LogP contribution in [0.5, 0.6) is 0 Å². The average molecular weight is 338 g/mol. The second-order valence-electron chi connectivity index (χ2n) is 5.24. The van der Waals surface area contributed by atoms with E-state index >= 15 is 0 Å². The first-order valence-electron chi connectivity index (χ1n) is 6.85. The third-order valence-corrected chi connectivity index (χ3v) is 3.93. The van der Waals surface area contributed by atoms with Crippen molar-refractivity contribution >= 4 is 35.3 Å². The average Bonchev–Trinajstić information content (AvgIpc) is 2.83. The van der Waals surface area contributed by atoms with E-state index in [0.717, 1.165) is 11.3 Å². The van der Waals surface area contributed by atoms with E-state index in [1.165, 1.54) is 6.07 Å². The number of carbonyl (C=O) groups excluding carboxylic acids is 1. The highest BCUT2D eigenvalue weighted by Crippen LogP contribution is 2.22. The fraction of sp³-hybridized carbons (Fsp3) is 0.250. The second-order valence-corrected chi connectivity index (χ2v) is 6.06. The summed E-state index contributed by atoms with van der Waals surface area (Å²) in [6, 6.07) is 7.07. The molecule has 0 bridgehead atoms. The highest BCUT2D eigenvalue weighted by atomic mass is 35.5. The predicted molar refractivity (Wildman–Crippen MR) is 91.1 cm³/mol. The molecule has 1 heterocycles. The molecule has 0 atom stereocenters. The first-order valence-corrected chi connectivity index (χ1v) is 7.61. The van der Waals surface area contributed by atoms with Crippen LogP contribution in [-0.4, -0.2) is 16.7 Å². The molecule has 4 nitrogen and oxygen atoms in total. The summed E-state index contributed by atoms with van der Waals surface area (Å²) in [5.41, 5.74) is 4.95. The van der Waals surface area contributed by atoms with Gasteiger partial charge in [-0.05, 0) is 45.0 Å². The molecule has 0 fully saturated rings. The Kier molecular flexibility index (Phi) is 5.27. The van der Waals surface area contributed by atoms with Crippen molar-refractivity contribution in [3.05, 3.63) is 57.3 Å². The maximum atomic E-state index is 11.9. The topological polar surface area (TPSA) is 46.4 Å². The van der Waals surface area contributed by atoms with Crippen LogP contribution in [0.25, 0.3) is 0 Å². The van der Waals surface area contributed by atoms with Gasteiger partial charge in [-0.25, -0.2) is 5.43 Å². The van der Waals surface area contributed by atoms with E-state index in [-0.39, 0.29) is 5.91 Å². The lowest BCUT2D eigenvalue weighted by Gasteiger charge is -2.08. The molecule has 0 aliphatic rings. The Hall–Kier alpha value is -1.78. The fourth-order valence-corrected chi connectivity index (χ4v) is 2.41. The summed E-state index contributed by atoms with van der Waals surface area (Å²) in [6.07, 6.45) is 3.61. The van der Waals surface area contributed by atoms with Gasteiger partial charge >= 0.3 is 0 Å². The first kappa shape index (κ1) is 16.6. The van der Waals surface area contributed by atoms with Crippen LogP contribution in [0.15, 0.2) is 35.6 Å². The molecular weight excluding hydrogens is 321 g/mol. The number of hydrazone groups is 1. The molecular formula is C16H17Cl2N3O. The van der Waals surface area contributed by atoms with Crippen LogP contribution in [0.1, 0.15) is 41.5 Å². The summed E-state index contributed by atoms with van der Waals surface area (Å²) in [6.45, 7) is 6.26. The monoisotopic (exact) mass is 337 g/mol. The molecule has 1 aromatic carbocycles. The van der Waals surface area contributed by atoms with Gasteiger partial charge in [0.05, 0.1) is 16.3 Å². The third kappa shape index (κ3) is 3.90. The number of aromatic nitrogens is 1. The SMILES string of the molecule is Cc1cc(/C=N\NC(=O)c2ccc(Cl)c(Cl)c2)cn1C(C)C. The van der Waals surface area contributed by atoms with Gasteiger partial charge in [-0.15, -0.1) is 0 Å². The van der Waals surface area contributed by atoms with Crippen molar-refractivity contribution in [1.29, 1.82) is 0 Å². The molecule has 2 aromatic rings. The minimum Gasteiger partial charge on any atom is -0.349 e. The number of halogens is 2. The number of nitrogens with zero attached hydrogens (tertiary/aromatic N) is 2. The molecule has 116 valence electrons. The number of amides is 1. The number of hydrogen-bond acceptors (Lipinski definition) is 2. The molecule has 0 radical (unpaired) electrons. The van der Waals surface area contributed by atoms with Crippen LogP contribution < -0.4 is 5.43 Å². The van der Waals surface area contributed by atoms with E-state index in [2.05, 4.69) is 28.9 Å². The molecule has 6 heteroatoms. The van der Waals surface area contributed by atoms with Crippen LogP contribution >= 0.6 is 23.2 Å². The molecule has 22 heavy (non-hydrogen) atoms. The normalized spacial score (nSPS) is 11.4. The van der Waals surface area contributed by atoms with Crippen LogP contribution in [0, 0.1) is 6.92 Å². The number of carbonyl (C=O) groups is 1. The Morgan fingerprint density at radius 1 is 1.27 bits per heavy atom. The highest BCUT2D eigenvalue weighted by Gasteiger charge is 2.07. The van der Waals surface area contributed by atoms with Crippen LogP contribution in [-0.2, 0) is 0 Å². The van der Waals surface area contributed by atoms with Gasteiger partial charge < -0.3 is 4.57 Å². The van der Waals surface area contributed by atoms with Gasteiger partial charge in [-0.1, -0.05) is 23.2 Å². The Labute approximate surface area is 139 Å². The molecule has 0 spiro atoms. The van der Waals surface area contributed by atoms with Crippen molar-refractivity contribution < 1.29 is 4.79 Å². The lowest BCUT2D eigenvalue weighted by atomic mass is 10.2. The maximum Gasteiger partial charge on any atom is 0.271 e. The number of rotatable bonds is 4. The fourth-order valence-electron chi connectivity index (χ4n) is 2.11. The van der Waals surface area contributed by atoms with E-state index in [9.17, 15) is 4.79 Å². The Balaban J connectivity index is 2.04. The summed E-state index contributed by atoms with van der Waals surface area (Å²) in [7, 11) is 0. The highest BCUT2D eigenvalue weighted by molar-refractivity contribution is 6.42. The molecule has 1 N–H and O–H groups in total. The van der Waals surface area contributed by atoms with Crippen molar-refractivity contribution in [2.24, 2.45) is 5.10 Å². The van der Waals surface area contributed by atoms with Gasteiger partial charge in [0.25, 0.3) is 5.91 Å². The Bertz CT molecular complexity index is 720. The van der Waals surface area contributed by atoms with Crippen molar-refractivity contribution in [3.8, 4) is 0 Å². The van der Waals surface area contributed by atoms with Gasteiger partial charge in [0.15, 0.2) is 0 Å². The van der Waals surface area contributed by atoms with Gasteiger partial charge in [0.2, 0.25) is 0 Å². The summed E-state index contributed by atoms with van der Waals surface area (Å²) >= 11 is 11.7. The smallest absolute Gasteiger partial charge is 0.271 e. The van der Waals surface area contributed by atoms with E-state index in [0.29, 0.717) is 21.7 Å². The number of hydrogen-bond donors (Lipinski definition) is 1. The zero-order valence-corrected chi connectivity index (χ0v) is 14.1. The summed E-state index contributed by atoms with van der Waals surface area (Å²) in [5.74, 6) is -0.338. The van der Waals surface area contributed by atoms with E-state index in [1.807, 2.05) is 19.2 Å². The van der Waals surface area contributed by atoms with Crippen molar-refractivity contribution in [2.45, 2.75) is 26.8 Å². The third-order valence-electron chi connectivity index (χ3n) is 3.19. The maximum absolute atomic E-state index is 11.9. The Morgan fingerprint density at radius 3 is 2.59 bits per heavy atom. The standard InChI is InChI=1S/C16H17Cl2N3O/c1-10(2)21-9-12(6-11(21)3)8-19-20-16(22)13-4-5-14(17)15(18)7-13/h4-10H,1-3H3,(H,20,22)/b19-8-. The van der Waals surface area contributed by atoms with Gasteiger partial charge in [0, 0.05) is 29.1 Å². The molecule has 2 rings (SSSR count). The van der Waals surface area contributed by atoms with Crippen molar-refractivity contribution in [2.75, 3.05) is 0 Å². The number of aryl methyl sites for hydroxylation is 1. The summed E-state index contributed by atoms with van der Waals surface area (Å²) < 4.78 is 2.14. The van der Waals surface area contributed by atoms with Crippen LogP contribution in [0.2, 0.25) is 10.0 Å². The molecule has 1 amide bonds. The number of benzene rings is 1. The van der Waals surface area contributed by atoms with Gasteiger partial charge in [-0.2, -0.15) is 5.10 Å². The quantitative estimate of drug-likeness (QED) is 0.650. The molecule has 0 aliphatic carbocycles. The predicted octanol–water partition coefficient (Wildman–Crippen LogP) is 4.45. The van der Waals surface area contributed by atoms with Gasteiger partial charge in [-0.3, -0.25) is 4.79 Å². The molecule has 0 aliphatic heterocycles. The zero-order chi connectivity index (χ0) is 16.3. The van der Waals surface area contributed by atoms with Gasteiger partial charge in [0.1, 0.15) is 0 Å². The number of nitrogens with one attached hydrogen (secondary N) is 1. The van der Waals surface area contributed by atoms with Crippen LogP contribution in [0.3, 0.4) is 0 Å². The summed E-state index contributed by atoms with van der Waals surface area (Å²) in [4.78, 5) is 11.9. The largest absolute Gasteiger partial charge is 0.349 e. The van der Waals surface area contributed by atoms with E-state index in [4.69, 9.17) is 23.2 Å². The lowest BCUT2D eigenvalue weighted by molar-refractivity contribution is 0.0955. The second kappa shape index (κ2) is 6.99. The first-order chi connectivity index (χ1) is 10.4. The molecule has 0 unspecified atom stereocenters. The zero-order valence-electron chi connectivity index (χ0n) is 12.6. The molecule has 0 saturated carbocycles. The minimum atomic E-state index is -0.338. The minimum absolute atomic E-state index is 0.336. The van der Waals surface area contributed by atoms with E-state index < -0.39 is 0 Å². The van der Waals surface area contributed by atoms with Crippen LogP contribution in [0.4, 0.5) is 0 Å². The molecule has 0 saturated heterocycles. The lowest BCUT2D eigenvalue weighted by Crippen LogP contribution is -2.17. The van der Waals surface area contributed by atoms with Crippen molar-refractivity contribution in [3.63, 3.8) is 0 Å². The summed E-state index contributed by atoms with van der Waals surface area (Å²) in [5, 5.41) is 4.72. The Morgan fingerprint density at radius 2 is 2.00 bits per heavy atom.